The molecule has 0 bridgehead atoms. The Bertz CT molecular complexity index is 3820. The lowest BCUT2D eigenvalue weighted by atomic mass is 9.91. The lowest BCUT2D eigenvalue weighted by Gasteiger charge is -2.12. The number of hydrogen-bond acceptors (Lipinski definition) is 2. The summed E-state index contributed by atoms with van der Waals surface area (Å²) in [5.41, 5.74) is 8.34. The van der Waals surface area contributed by atoms with E-state index in [2.05, 4.69) is 182 Å². The zero-order chi connectivity index (χ0) is 36.5. The molecule has 0 aliphatic carbocycles. The second kappa shape index (κ2) is 11.1. The predicted molar refractivity (Wildman–Crippen MR) is 237 cm³/mol. The van der Waals surface area contributed by atoms with E-state index in [0.717, 1.165) is 54.8 Å². The van der Waals surface area contributed by atoms with E-state index < -0.39 is 0 Å². The van der Waals surface area contributed by atoms with Crippen LogP contribution in [-0.2, 0) is 0 Å². The second-order valence-electron chi connectivity index (χ2n) is 15.3. The van der Waals surface area contributed by atoms with Crippen molar-refractivity contribution in [3.05, 3.63) is 182 Å². The molecule has 0 saturated carbocycles. The van der Waals surface area contributed by atoms with Gasteiger partial charge in [0.1, 0.15) is 22.3 Å². The Balaban J connectivity index is 0.986. The summed E-state index contributed by atoms with van der Waals surface area (Å²) in [5, 5.41) is 19.2. The minimum absolute atomic E-state index is 0.892. The molecule has 0 N–H and O–H groups in total. The Morgan fingerprint density at radius 3 is 1.41 bits per heavy atom. The summed E-state index contributed by atoms with van der Waals surface area (Å²) in [6, 6.07) is 66.3. The number of hydrogen-bond donors (Lipinski definition) is 0. The first-order valence-corrected chi connectivity index (χ1v) is 19.2. The van der Waals surface area contributed by atoms with Crippen LogP contribution in [0.4, 0.5) is 0 Å². The first-order chi connectivity index (χ1) is 27.7. The van der Waals surface area contributed by atoms with Crippen LogP contribution in [0.15, 0.2) is 191 Å². The van der Waals surface area contributed by atoms with Gasteiger partial charge < -0.3 is 8.83 Å². The molecule has 0 amide bonds. The molecule has 0 aliphatic rings. The monoisotopic (exact) mass is 710 g/mol. The van der Waals surface area contributed by atoms with Gasteiger partial charge in [0.2, 0.25) is 0 Å². The molecule has 0 spiro atoms. The van der Waals surface area contributed by atoms with Crippen LogP contribution in [0.2, 0.25) is 0 Å². The molecule has 11 aromatic carbocycles. The van der Waals surface area contributed by atoms with Crippen LogP contribution in [-0.4, -0.2) is 0 Å². The molecular formula is C54H30O2. The molecule has 0 saturated heterocycles. The van der Waals surface area contributed by atoms with E-state index in [0.29, 0.717) is 0 Å². The van der Waals surface area contributed by atoms with Gasteiger partial charge in [-0.1, -0.05) is 115 Å². The van der Waals surface area contributed by atoms with E-state index in [1.165, 1.54) is 75.9 Å². The molecule has 13 aromatic rings. The van der Waals surface area contributed by atoms with Crippen molar-refractivity contribution >= 4 is 109 Å². The van der Waals surface area contributed by atoms with E-state index in [4.69, 9.17) is 8.83 Å². The number of fused-ring (bicyclic) bond motifs is 16. The third kappa shape index (κ3) is 4.27. The van der Waals surface area contributed by atoms with Crippen LogP contribution in [0.5, 0.6) is 0 Å². The zero-order valence-corrected chi connectivity index (χ0v) is 30.1. The summed E-state index contributed by atoms with van der Waals surface area (Å²) in [6.45, 7) is 0. The standard InChI is InChI=1S/C54H30O2/c1-2-8-32-24-40-25-35(13-14-36(40)23-31(32)7-1)38-16-21-50-48(28-38)49-29-39(17-22-51(49)55-50)37-15-18-44-46(26-37)42-12-6-5-11-41(42)43-19-20-45-47-27-33-9-3-4-10-34(33)30-52(47)56-54(45)53(43)44/h1-30H. The highest BCUT2D eigenvalue weighted by molar-refractivity contribution is 6.33. The van der Waals surface area contributed by atoms with Crippen molar-refractivity contribution in [2.45, 2.75) is 0 Å². The molecule has 2 aromatic heterocycles. The smallest absolute Gasteiger partial charge is 0.143 e. The maximum absolute atomic E-state index is 6.80. The molecule has 0 fully saturated rings. The molecule has 56 heavy (non-hydrogen) atoms. The van der Waals surface area contributed by atoms with E-state index in [1.807, 2.05) is 0 Å². The molecule has 2 heteroatoms. The van der Waals surface area contributed by atoms with Crippen molar-refractivity contribution in [2.24, 2.45) is 0 Å². The van der Waals surface area contributed by atoms with E-state index in [-0.39, 0.29) is 0 Å². The average molecular weight is 711 g/mol. The lowest BCUT2D eigenvalue weighted by Crippen LogP contribution is -1.86. The van der Waals surface area contributed by atoms with Crippen LogP contribution < -0.4 is 0 Å². The summed E-state index contributed by atoms with van der Waals surface area (Å²) >= 11 is 0. The van der Waals surface area contributed by atoms with Gasteiger partial charge in [-0.05, 0) is 148 Å². The van der Waals surface area contributed by atoms with Crippen LogP contribution in [0.1, 0.15) is 0 Å². The van der Waals surface area contributed by atoms with Gasteiger partial charge in [0.15, 0.2) is 0 Å². The topological polar surface area (TPSA) is 26.3 Å². The molecule has 0 aliphatic heterocycles. The van der Waals surface area contributed by atoms with E-state index >= 15 is 0 Å². The third-order valence-corrected chi connectivity index (χ3v) is 12.1. The van der Waals surface area contributed by atoms with Gasteiger partial charge >= 0.3 is 0 Å². The van der Waals surface area contributed by atoms with Crippen molar-refractivity contribution in [1.82, 2.24) is 0 Å². The van der Waals surface area contributed by atoms with Crippen molar-refractivity contribution in [2.75, 3.05) is 0 Å². The zero-order valence-electron chi connectivity index (χ0n) is 30.1. The third-order valence-electron chi connectivity index (χ3n) is 12.1. The minimum atomic E-state index is 0.892. The summed E-state index contributed by atoms with van der Waals surface area (Å²) in [6.07, 6.45) is 0. The summed E-state index contributed by atoms with van der Waals surface area (Å²) < 4.78 is 13.2. The van der Waals surface area contributed by atoms with Gasteiger partial charge in [0, 0.05) is 26.9 Å². The molecule has 0 radical (unpaired) electrons. The molecule has 2 heterocycles. The van der Waals surface area contributed by atoms with Gasteiger partial charge in [-0.15, -0.1) is 0 Å². The normalized spacial score (nSPS) is 12.3. The van der Waals surface area contributed by atoms with Crippen LogP contribution in [0.3, 0.4) is 0 Å². The van der Waals surface area contributed by atoms with Crippen LogP contribution in [0.25, 0.3) is 131 Å². The predicted octanol–water partition coefficient (Wildman–Crippen LogP) is 15.7. The number of rotatable bonds is 2. The molecule has 0 atom stereocenters. The van der Waals surface area contributed by atoms with Crippen LogP contribution >= 0.6 is 0 Å². The lowest BCUT2D eigenvalue weighted by molar-refractivity contribution is 0.669. The summed E-state index contributed by atoms with van der Waals surface area (Å²) in [4.78, 5) is 0. The Morgan fingerprint density at radius 1 is 0.232 bits per heavy atom. The first kappa shape index (κ1) is 30.0. The minimum Gasteiger partial charge on any atom is -0.456 e. The average Bonchev–Trinajstić information content (AvgIpc) is 3.81. The van der Waals surface area contributed by atoms with Gasteiger partial charge in [-0.3, -0.25) is 0 Å². The molecule has 13 rings (SSSR count). The number of benzene rings is 11. The highest BCUT2D eigenvalue weighted by Gasteiger charge is 2.18. The van der Waals surface area contributed by atoms with Gasteiger partial charge in [0.25, 0.3) is 0 Å². The molecular weight excluding hydrogens is 681 g/mol. The Morgan fingerprint density at radius 2 is 0.696 bits per heavy atom. The quantitative estimate of drug-likeness (QED) is 0.132. The van der Waals surface area contributed by atoms with Crippen molar-refractivity contribution in [1.29, 1.82) is 0 Å². The maximum Gasteiger partial charge on any atom is 0.143 e. The fraction of sp³-hybridized carbons (Fsp3) is 0. The summed E-state index contributed by atoms with van der Waals surface area (Å²) in [7, 11) is 0. The van der Waals surface area contributed by atoms with E-state index in [1.54, 1.807) is 0 Å². The Kier molecular flexibility index (Phi) is 5.92. The Hall–Kier alpha value is -7.42. The maximum atomic E-state index is 6.80. The molecule has 2 nitrogen and oxygen atoms in total. The van der Waals surface area contributed by atoms with E-state index in [9.17, 15) is 0 Å². The highest BCUT2D eigenvalue weighted by Crippen LogP contribution is 2.44. The van der Waals surface area contributed by atoms with Gasteiger partial charge in [-0.25, -0.2) is 0 Å². The summed E-state index contributed by atoms with van der Waals surface area (Å²) in [5.74, 6) is 0. The molecule has 258 valence electrons. The van der Waals surface area contributed by atoms with Crippen molar-refractivity contribution < 1.29 is 8.83 Å². The fourth-order valence-electron chi connectivity index (χ4n) is 9.39. The van der Waals surface area contributed by atoms with Gasteiger partial charge in [-0.2, -0.15) is 0 Å². The first-order valence-electron chi connectivity index (χ1n) is 19.2. The fourth-order valence-corrected chi connectivity index (χ4v) is 9.39. The van der Waals surface area contributed by atoms with Crippen molar-refractivity contribution in [3.8, 4) is 22.3 Å². The van der Waals surface area contributed by atoms with Gasteiger partial charge in [0.05, 0.1) is 0 Å². The molecule has 0 unspecified atom stereocenters. The Labute approximate surface area is 320 Å². The van der Waals surface area contributed by atoms with Crippen molar-refractivity contribution in [3.63, 3.8) is 0 Å². The second-order valence-corrected chi connectivity index (χ2v) is 15.3. The number of furan rings is 2. The largest absolute Gasteiger partial charge is 0.456 e. The SMILES string of the molecule is c1ccc2cc3cc(-c4ccc5oc6ccc(-c7ccc8c(c7)c7ccccc7c7ccc9c%10cc%11ccccc%11cc%10oc9c78)cc6c5c4)ccc3cc2c1. The highest BCUT2D eigenvalue weighted by atomic mass is 16.3. The van der Waals surface area contributed by atoms with Crippen LogP contribution in [0, 0.1) is 0 Å².